The van der Waals surface area contributed by atoms with E-state index in [2.05, 4.69) is 25.6 Å². The van der Waals surface area contributed by atoms with Crippen molar-refractivity contribution in [2.24, 2.45) is 0 Å². The summed E-state index contributed by atoms with van der Waals surface area (Å²) in [4.78, 5) is 12.9. The lowest BCUT2D eigenvalue weighted by Gasteiger charge is -2.20. The molecule has 5 rings (SSSR count). The molecule has 12 heteroatoms. The van der Waals surface area contributed by atoms with Crippen LogP contribution in [-0.4, -0.2) is 25.2 Å². The van der Waals surface area contributed by atoms with E-state index in [1.807, 2.05) is 0 Å². The van der Waals surface area contributed by atoms with E-state index < -0.39 is 29.6 Å². The van der Waals surface area contributed by atoms with Gasteiger partial charge in [-0.05, 0) is 74.1 Å². The summed E-state index contributed by atoms with van der Waals surface area (Å²) in [6.45, 7) is 3.48. The smallest absolute Gasteiger partial charge is 0.416 e. The fraction of sp³-hybridized carbons (Fsp3) is 0.292. The third-order valence-corrected chi connectivity index (χ3v) is 6.17. The number of hydrogen-bond donors (Lipinski definition) is 5. The van der Waals surface area contributed by atoms with Crippen LogP contribution < -0.4 is 16.4 Å². The SMILES string of the molecule is Cc1nc(N[C@H](C)c2cc(N)cc(C(F)(F)F)c2)c2cc(Nc3nc(O)c(O)o3)c3c(c2n1)CCC3. The highest BCUT2D eigenvalue weighted by molar-refractivity contribution is 5.96. The van der Waals surface area contributed by atoms with Gasteiger partial charge in [0.05, 0.1) is 17.1 Å². The molecule has 4 aromatic rings. The maximum atomic E-state index is 13.3. The Morgan fingerprint density at radius 2 is 1.81 bits per heavy atom. The number of nitrogen functional groups attached to an aromatic ring is 1. The maximum absolute atomic E-state index is 13.3. The molecule has 0 saturated carbocycles. The first kappa shape index (κ1) is 23.5. The molecule has 0 saturated heterocycles. The van der Waals surface area contributed by atoms with Gasteiger partial charge in [0.1, 0.15) is 11.6 Å². The van der Waals surface area contributed by atoms with Crippen LogP contribution in [0.5, 0.6) is 11.8 Å². The highest BCUT2D eigenvalue weighted by atomic mass is 19.4. The van der Waals surface area contributed by atoms with Crippen LogP contribution in [0.3, 0.4) is 0 Å². The number of rotatable bonds is 5. The molecule has 0 radical (unpaired) electrons. The first-order valence-corrected chi connectivity index (χ1v) is 11.2. The Bertz CT molecular complexity index is 1470. The van der Waals surface area contributed by atoms with Crippen LogP contribution in [0.1, 0.15) is 47.5 Å². The number of aryl methyl sites for hydroxylation is 2. The van der Waals surface area contributed by atoms with Crippen LogP contribution in [0, 0.1) is 6.92 Å². The van der Waals surface area contributed by atoms with Crippen LogP contribution in [0.4, 0.5) is 36.4 Å². The number of alkyl halides is 3. The number of benzene rings is 2. The number of oxazole rings is 1. The molecule has 1 aliphatic carbocycles. The van der Waals surface area contributed by atoms with Crippen molar-refractivity contribution in [3.8, 4) is 11.8 Å². The van der Waals surface area contributed by atoms with Crippen molar-refractivity contribution in [1.29, 1.82) is 0 Å². The summed E-state index contributed by atoms with van der Waals surface area (Å²) < 4.78 is 45.0. The lowest BCUT2D eigenvalue weighted by atomic mass is 10.0. The number of aromatic nitrogens is 3. The van der Waals surface area contributed by atoms with Gasteiger partial charge in [-0.25, -0.2) is 9.97 Å². The summed E-state index contributed by atoms with van der Waals surface area (Å²) in [5, 5.41) is 25.9. The number of nitrogens with zero attached hydrogens (tertiary/aromatic N) is 3. The van der Waals surface area contributed by atoms with Gasteiger partial charge in [0.2, 0.25) is 0 Å². The molecule has 0 fully saturated rings. The second kappa shape index (κ2) is 8.47. The van der Waals surface area contributed by atoms with Crippen LogP contribution in [-0.2, 0) is 19.0 Å². The molecule has 0 aliphatic heterocycles. The predicted octanol–water partition coefficient (Wildman–Crippen LogP) is 5.34. The fourth-order valence-corrected chi connectivity index (χ4v) is 4.55. The molecule has 6 N–H and O–H groups in total. The van der Waals surface area contributed by atoms with Crippen molar-refractivity contribution in [3.63, 3.8) is 0 Å². The molecule has 0 spiro atoms. The van der Waals surface area contributed by atoms with Crippen molar-refractivity contribution in [2.45, 2.75) is 45.3 Å². The molecule has 2 aromatic heterocycles. The van der Waals surface area contributed by atoms with Gasteiger partial charge >= 0.3 is 18.1 Å². The number of anilines is 4. The summed E-state index contributed by atoms with van der Waals surface area (Å²) in [6.07, 6.45) is -2.07. The minimum atomic E-state index is -4.52. The van der Waals surface area contributed by atoms with Crippen LogP contribution in [0.2, 0.25) is 0 Å². The topological polar surface area (TPSA) is 142 Å². The summed E-state index contributed by atoms with van der Waals surface area (Å²) in [5.41, 5.74) is 8.71. The largest absolute Gasteiger partial charge is 0.488 e. The number of fused-ring (bicyclic) bond motifs is 3. The monoisotopic (exact) mass is 500 g/mol. The second-order valence-electron chi connectivity index (χ2n) is 8.78. The minimum absolute atomic E-state index is 0.0129. The van der Waals surface area contributed by atoms with E-state index in [0.29, 0.717) is 28.3 Å². The van der Waals surface area contributed by atoms with Crippen LogP contribution in [0.25, 0.3) is 10.9 Å². The van der Waals surface area contributed by atoms with Gasteiger partial charge in [-0.15, -0.1) is 0 Å². The molecule has 188 valence electrons. The Hall–Kier alpha value is -4.22. The van der Waals surface area contributed by atoms with Crippen molar-refractivity contribution in [2.75, 3.05) is 16.4 Å². The van der Waals surface area contributed by atoms with Gasteiger partial charge in [-0.2, -0.15) is 18.2 Å². The summed E-state index contributed by atoms with van der Waals surface area (Å²) in [5.74, 6) is -0.384. The standard InChI is InChI=1S/C24H23F3N6O3/c1-10(12-6-13(24(25,26)27)8-14(28)7-12)29-20-17-9-18(32-23-33-21(34)22(35)36-23)15-4-3-5-16(15)19(17)30-11(2)31-20/h6-10,34-35H,3-5,28H2,1-2H3,(H,32,33)(H,29,30,31)/t10-/m1/s1. The Labute approximate surface area is 203 Å². The summed E-state index contributed by atoms with van der Waals surface area (Å²) in [7, 11) is 0. The van der Waals surface area contributed by atoms with E-state index in [1.165, 1.54) is 6.07 Å². The van der Waals surface area contributed by atoms with Crippen molar-refractivity contribution < 1.29 is 27.8 Å². The van der Waals surface area contributed by atoms with Crippen LogP contribution in [0.15, 0.2) is 28.7 Å². The second-order valence-corrected chi connectivity index (χ2v) is 8.78. The van der Waals surface area contributed by atoms with E-state index in [1.54, 1.807) is 19.9 Å². The number of aromatic hydroxyl groups is 2. The molecule has 0 bridgehead atoms. The quantitative estimate of drug-likeness (QED) is 0.229. The molecule has 1 atom stereocenters. The van der Waals surface area contributed by atoms with Gasteiger partial charge in [0.15, 0.2) is 0 Å². The van der Waals surface area contributed by atoms with Gasteiger partial charge < -0.3 is 31.0 Å². The highest BCUT2D eigenvalue weighted by Crippen LogP contribution is 2.40. The maximum Gasteiger partial charge on any atom is 0.416 e. The van der Waals surface area contributed by atoms with Crippen molar-refractivity contribution in [3.05, 3.63) is 52.3 Å². The molecule has 0 amide bonds. The third kappa shape index (κ3) is 4.30. The molecule has 0 unspecified atom stereocenters. The fourth-order valence-electron chi connectivity index (χ4n) is 4.55. The van der Waals surface area contributed by atoms with E-state index in [9.17, 15) is 23.4 Å². The lowest BCUT2D eigenvalue weighted by Crippen LogP contribution is -2.13. The number of halogens is 3. The van der Waals surface area contributed by atoms with Gasteiger partial charge in [-0.3, -0.25) is 0 Å². The zero-order chi connectivity index (χ0) is 25.8. The van der Waals surface area contributed by atoms with Crippen molar-refractivity contribution in [1.82, 2.24) is 15.0 Å². The first-order chi connectivity index (χ1) is 17.0. The zero-order valence-corrected chi connectivity index (χ0v) is 19.4. The number of hydrogen-bond acceptors (Lipinski definition) is 9. The summed E-state index contributed by atoms with van der Waals surface area (Å²) >= 11 is 0. The Balaban J connectivity index is 1.58. The molecular formula is C24H23F3N6O3. The molecule has 36 heavy (non-hydrogen) atoms. The third-order valence-electron chi connectivity index (χ3n) is 6.17. The number of nitrogens with two attached hydrogens (primary N) is 1. The van der Waals surface area contributed by atoms with Gasteiger partial charge in [0, 0.05) is 16.8 Å². The Kier molecular flexibility index (Phi) is 5.53. The van der Waals surface area contributed by atoms with E-state index in [4.69, 9.17) is 10.2 Å². The van der Waals surface area contributed by atoms with E-state index in [-0.39, 0.29) is 11.7 Å². The molecule has 2 heterocycles. The normalized spacial score (nSPS) is 14.1. The van der Waals surface area contributed by atoms with Gasteiger partial charge in [-0.1, -0.05) is 0 Å². The average Bonchev–Trinajstić information content (AvgIpc) is 3.40. The minimum Gasteiger partial charge on any atom is -0.488 e. The number of nitrogens with one attached hydrogen (secondary N) is 2. The van der Waals surface area contributed by atoms with E-state index in [0.717, 1.165) is 48.0 Å². The average molecular weight is 500 g/mol. The highest BCUT2D eigenvalue weighted by Gasteiger charge is 2.31. The Morgan fingerprint density at radius 1 is 1.06 bits per heavy atom. The van der Waals surface area contributed by atoms with E-state index >= 15 is 0 Å². The summed E-state index contributed by atoms with van der Waals surface area (Å²) in [6, 6.07) is 4.62. The predicted molar refractivity (Wildman–Crippen MR) is 127 cm³/mol. The van der Waals surface area contributed by atoms with Gasteiger partial charge in [0.25, 0.3) is 5.88 Å². The zero-order valence-electron chi connectivity index (χ0n) is 19.4. The van der Waals surface area contributed by atoms with Crippen LogP contribution >= 0.6 is 0 Å². The molecule has 2 aromatic carbocycles. The lowest BCUT2D eigenvalue weighted by molar-refractivity contribution is -0.137. The van der Waals surface area contributed by atoms with Crippen molar-refractivity contribution >= 4 is 34.1 Å². The molecule has 1 aliphatic rings. The first-order valence-electron chi connectivity index (χ1n) is 11.2. The molecular weight excluding hydrogens is 477 g/mol. The Morgan fingerprint density at radius 3 is 2.50 bits per heavy atom. The molecule has 9 nitrogen and oxygen atoms in total.